The van der Waals surface area contributed by atoms with E-state index in [1.165, 1.54) is 12.1 Å². The molecule has 1 aromatic rings. The first-order chi connectivity index (χ1) is 5.66. The lowest BCUT2D eigenvalue weighted by Gasteiger charge is -2.00. The van der Waals surface area contributed by atoms with E-state index in [1.54, 1.807) is 0 Å². The van der Waals surface area contributed by atoms with Crippen molar-refractivity contribution < 1.29 is 13.2 Å². The maximum atomic E-state index is 12.8. The Morgan fingerprint density at radius 3 is 2.42 bits per heavy atom. The highest BCUT2D eigenvalue weighted by Gasteiger charge is 2.11. The molecule has 1 aromatic carbocycles. The van der Waals surface area contributed by atoms with Gasteiger partial charge >= 0.3 is 0 Å². The highest BCUT2D eigenvalue weighted by molar-refractivity contribution is 5.21. The summed E-state index contributed by atoms with van der Waals surface area (Å²) < 4.78 is 37.7. The van der Waals surface area contributed by atoms with Gasteiger partial charge in [0.25, 0.3) is 0 Å². The van der Waals surface area contributed by atoms with E-state index in [4.69, 9.17) is 0 Å². The monoisotopic (exact) mass is 172 g/mol. The molecule has 0 radical (unpaired) electrons. The zero-order valence-corrected chi connectivity index (χ0v) is 6.28. The number of halogens is 3. The third-order valence-electron chi connectivity index (χ3n) is 1.48. The smallest absolute Gasteiger partial charge is 0.194 e. The van der Waals surface area contributed by atoms with E-state index in [9.17, 15) is 13.2 Å². The minimum absolute atomic E-state index is 0.115. The molecule has 0 amide bonds. The summed E-state index contributed by atoms with van der Waals surface area (Å²) in [6.45, 7) is 3.37. The van der Waals surface area contributed by atoms with E-state index in [0.29, 0.717) is 0 Å². The van der Waals surface area contributed by atoms with Crippen molar-refractivity contribution in [1.82, 2.24) is 0 Å². The molecule has 64 valence electrons. The first-order valence-corrected chi connectivity index (χ1v) is 3.40. The van der Waals surface area contributed by atoms with Crippen molar-refractivity contribution in [3.05, 3.63) is 47.8 Å². The first-order valence-electron chi connectivity index (χ1n) is 3.40. The second-order valence-corrected chi connectivity index (χ2v) is 2.33. The van der Waals surface area contributed by atoms with Crippen LogP contribution in [0.4, 0.5) is 13.2 Å². The topological polar surface area (TPSA) is 0 Å². The summed E-state index contributed by atoms with van der Waals surface area (Å²) in [5, 5.41) is 0. The first kappa shape index (κ1) is 8.84. The summed E-state index contributed by atoms with van der Waals surface area (Å²) in [5.41, 5.74) is 0.115. The molecule has 0 nitrogen and oxygen atoms in total. The molecule has 3 heteroatoms. The lowest BCUT2D eigenvalue weighted by atomic mass is 10.1. The fourth-order valence-corrected chi connectivity index (χ4v) is 0.879. The van der Waals surface area contributed by atoms with E-state index in [0.717, 1.165) is 6.07 Å². The van der Waals surface area contributed by atoms with Crippen LogP contribution in [0.15, 0.2) is 24.8 Å². The summed E-state index contributed by atoms with van der Waals surface area (Å²) in [6.07, 6.45) is 1.62. The van der Waals surface area contributed by atoms with Gasteiger partial charge in [0.2, 0.25) is 0 Å². The van der Waals surface area contributed by atoms with E-state index >= 15 is 0 Å². The molecule has 0 unspecified atom stereocenters. The van der Waals surface area contributed by atoms with Crippen LogP contribution in [0.25, 0.3) is 0 Å². The van der Waals surface area contributed by atoms with Crippen LogP contribution in [-0.2, 0) is 6.42 Å². The lowest BCUT2D eigenvalue weighted by molar-refractivity contribution is 0.442. The predicted octanol–water partition coefficient (Wildman–Crippen LogP) is 2.83. The molecule has 0 saturated heterocycles. The molecule has 12 heavy (non-hydrogen) atoms. The van der Waals surface area contributed by atoms with Crippen LogP contribution in [0.1, 0.15) is 5.56 Å². The fraction of sp³-hybridized carbons (Fsp3) is 0.111. The summed E-state index contributed by atoms with van der Waals surface area (Å²) in [4.78, 5) is 0. The molecule has 0 atom stereocenters. The van der Waals surface area contributed by atoms with Crippen molar-refractivity contribution in [1.29, 1.82) is 0 Å². The number of allylic oxidation sites excluding steroid dienone is 1. The standard InChI is InChI=1S/C9H7F3/c1-2-3-6-4-5-7(10)9(12)8(6)11/h2,4-5H,1,3H2. The SMILES string of the molecule is C=CCc1ccc(F)c(F)c1F. The van der Waals surface area contributed by atoms with Gasteiger partial charge in [-0.05, 0) is 18.1 Å². The molecule has 0 fully saturated rings. The Balaban J connectivity index is 3.16. The van der Waals surface area contributed by atoms with Crippen molar-refractivity contribution in [3.63, 3.8) is 0 Å². The van der Waals surface area contributed by atoms with Gasteiger partial charge in [-0.3, -0.25) is 0 Å². The van der Waals surface area contributed by atoms with E-state index in [-0.39, 0.29) is 12.0 Å². The van der Waals surface area contributed by atoms with Gasteiger partial charge in [-0.25, -0.2) is 13.2 Å². The van der Waals surface area contributed by atoms with E-state index in [2.05, 4.69) is 6.58 Å². The molecule has 0 aliphatic rings. The maximum Gasteiger partial charge on any atom is 0.194 e. The molecule has 0 aliphatic carbocycles. The largest absolute Gasteiger partial charge is 0.204 e. The second-order valence-electron chi connectivity index (χ2n) is 2.33. The number of rotatable bonds is 2. The fourth-order valence-electron chi connectivity index (χ4n) is 0.879. The van der Waals surface area contributed by atoms with Crippen LogP contribution in [0.3, 0.4) is 0 Å². The molecule has 0 N–H and O–H groups in total. The van der Waals surface area contributed by atoms with Crippen LogP contribution in [0.2, 0.25) is 0 Å². The van der Waals surface area contributed by atoms with Crippen LogP contribution in [0.5, 0.6) is 0 Å². The maximum absolute atomic E-state index is 12.8. The quantitative estimate of drug-likeness (QED) is 0.475. The van der Waals surface area contributed by atoms with E-state index in [1.807, 2.05) is 0 Å². The zero-order chi connectivity index (χ0) is 9.14. The molecule has 0 bridgehead atoms. The third kappa shape index (κ3) is 1.49. The Kier molecular flexibility index (Phi) is 2.53. The number of benzene rings is 1. The summed E-state index contributed by atoms with van der Waals surface area (Å²) in [6, 6.07) is 2.10. The second kappa shape index (κ2) is 3.43. The van der Waals surface area contributed by atoms with Gasteiger partial charge in [-0.2, -0.15) is 0 Å². The van der Waals surface area contributed by atoms with Crippen LogP contribution in [0, 0.1) is 17.5 Å². The van der Waals surface area contributed by atoms with Gasteiger partial charge in [0.05, 0.1) is 0 Å². The number of hydrogen-bond donors (Lipinski definition) is 0. The average Bonchev–Trinajstić information content (AvgIpc) is 2.07. The predicted molar refractivity (Wildman–Crippen MR) is 40.2 cm³/mol. The highest BCUT2D eigenvalue weighted by atomic mass is 19.2. The van der Waals surface area contributed by atoms with Crippen molar-refractivity contribution >= 4 is 0 Å². The van der Waals surface area contributed by atoms with Gasteiger partial charge in [-0.1, -0.05) is 12.1 Å². The zero-order valence-electron chi connectivity index (χ0n) is 6.28. The molecular weight excluding hydrogens is 165 g/mol. The number of hydrogen-bond acceptors (Lipinski definition) is 0. The van der Waals surface area contributed by atoms with Gasteiger partial charge < -0.3 is 0 Å². The summed E-state index contributed by atoms with van der Waals surface area (Å²) in [5.74, 6) is -3.72. The Hall–Kier alpha value is -1.25. The Morgan fingerprint density at radius 2 is 1.83 bits per heavy atom. The highest BCUT2D eigenvalue weighted by Crippen LogP contribution is 2.15. The molecule has 1 rings (SSSR count). The van der Waals surface area contributed by atoms with Gasteiger partial charge in [0.15, 0.2) is 17.5 Å². The van der Waals surface area contributed by atoms with Crippen LogP contribution in [-0.4, -0.2) is 0 Å². The molecular formula is C9H7F3. The minimum Gasteiger partial charge on any atom is -0.204 e. The van der Waals surface area contributed by atoms with Gasteiger partial charge in [0, 0.05) is 0 Å². The van der Waals surface area contributed by atoms with Crippen molar-refractivity contribution in [3.8, 4) is 0 Å². The summed E-state index contributed by atoms with van der Waals surface area (Å²) >= 11 is 0. The lowest BCUT2D eigenvalue weighted by Crippen LogP contribution is -1.95. The Morgan fingerprint density at radius 1 is 1.17 bits per heavy atom. The minimum atomic E-state index is -1.42. The van der Waals surface area contributed by atoms with Crippen molar-refractivity contribution in [2.75, 3.05) is 0 Å². The molecule has 0 heterocycles. The van der Waals surface area contributed by atoms with Crippen molar-refractivity contribution in [2.24, 2.45) is 0 Å². The normalized spacial score (nSPS) is 9.92. The molecule has 0 saturated carbocycles. The van der Waals surface area contributed by atoms with Gasteiger partial charge in [-0.15, -0.1) is 6.58 Å². The van der Waals surface area contributed by atoms with E-state index < -0.39 is 17.5 Å². The average molecular weight is 172 g/mol. The van der Waals surface area contributed by atoms with Crippen LogP contribution < -0.4 is 0 Å². The van der Waals surface area contributed by atoms with Crippen molar-refractivity contribution in [2.45, 2.75) is 6.42 Å². The third-order valence-corrected chi connectivity index (χ3v) is 1.48. The summed E-state index contributed by atoms with van der Waals surface area (Å²) in [7, 11) is 0. The van der Waals surface area contributed by atoms with Crippen LogP contribution >= 0.6 is 0 Å². The molecule has 0 aromatic heterocycles. The molecule has 0 aliphatic heterocycles. The Labute approximate surface area is 68.3 Å². The Bertz CT molecular complexity index is 305. The van der Waals surface area contributed by atoms with Gasteiger partial charge in [0.1, 0.15) is 0 Å². The molecule has 0 spiro atoms.